The number of rotatable bonds is 5. The van der Waals surface area contributed by atoms with E-state index in [0.29, 0.717) is 6.07 Å². The zero-order valence-corrected chi connectivity index (χ0v) is 9.78. The van der Waals surface area contributed by atoms with Crippen LogP contribution in [0.1, 0.15) is 13.8 Å². The summed E-state index contributed by atoms with van der Waals surface area (Å²) in [5.41, 5.74) is -0.511. The number of aliphatic hydroxyl groups excluding tert-OH is 1. The van der Waals surface area contributed by atoms with Crippen LogP contribution in [-0.2, 0) is 4.65 Å². The number of hydrogen-bond acceptors (Lipinski definition) is 3. The summed E-state index contributed by atoms with van der Waals surface area (Å²) < 4.78 is 30.8. The third kappa shape index (κ3) is 4.42. The summed E-state index contributed by atoms with van der Waals surface area (Å²) in [6.07, 6.45) is 0. The van der Waals surface area contributed by atoms with Crippen LogP contribution >= 0.6 is 0 Å². The smallest absolute Gasteiger partial charge is 0.423 e. The fraction of sp³-hybridized carbons (Fsp3) is 0.455. The highest BCUT2D eigenvalue weighted by Gasteiger charge is 2.23. The summed E-state index contributed by atoms with van der Waals surface area (Å²) in [5, 5.41) is 18.6. The van der Waals surface area contributed by atoms with Crippen molar-refractivity contribution < 1.29 is 23.6 Å². The molecule has 0 aliphatic carbocycles. The standard InChI is InChI=1S/C11H15BF2O3/c1-11(2,6-15)7-17-12(16)8-3-9(13)5-10(14)4-8/h3-5,15-16H,6-7H2,1-2H3. The Morgan fingerprint density at radius 2 is 1.76 bits per heavy atom. The molecule has 0 saturated heterocycles. The second-order valence-electron chi connectivity index (χ2n) is 4.69. The van der Waals surface area contributed by atoms with Crippen LogP contribution in [0.25, 0.3) is 0 Å². The van der Waals surface area contributed by atoms with E-state index >= 15 is 0 Å². The summed E-state index contributed by atoms with van der Waals surface area (Å²) in [4.78, 5) is 0. The van der Waals surface area contributed by atoms with E-state index in [9.17, 15) is 13.8 Å². The van der Waals surface area contributed by atoms with Crippen molar-refractivity contribution in [2.24, 2.45) is 5.41 Å². The Labute approximate surface area is 99.2 Å². The SMILES string of the molecule is CC(C)(CO)COB(O)c1cc(F)cc(F)c1. The first-order chi connectivity index (χ1) is 7.84. The van der Waals surface area contributed by atoms with Crippen LogP contribution in [0.4, 0.5) is 8.78 Å². The summed E-state index contributed by atoms with van der Waals surface area (Å²) in [6.45, 7) is 3.44. The van der Waals surface area contributed by atoms with E-state index in [-0.39, 0.29) is 18.7 Å². The summed E-state index contributed by atoms with van der Waals surface area (Å²) in [7, 11) is -1.41. The predicted octanol–water partition coefficient (Wildman–Crippen LogP) is 0.687. The summed E-state index contributed by atoms with van der Waals surface area (Å²) in [6, 6.07) is 2.72. The molecule has 2 N–H and O–H groups in total. The van der Waals surface area contributed by atoms with Gasteiger partial charge in [-0.15, -0.1) is 0 Å². The molecule has 1 aromatic carbocycles. The zero-order valence-electron chi connectivity index (χ0n) is 9.78. The monoisotopic (exact) mass is 244 g/mol. The molecule has 1 rings (SSSR count). The van der Waals surface area contributed by atoms with Gasteiger partial charge in [0, 0.05) is 18.1 Å². The molecule has 0 unspecified atom stereocenters. The van der Waals surface area contributed by atoms with Gasteiger partial charge in [0.25, 0.3) is 0 Å². The Morgan fingerprint density at radius 3 is 2.24 bits per heavy atom. The van der Waals surface area contributed by atoms with Gasteiger partial charge in [-0.05, 0) is 17.6 Å². The first-order valence-electron chi connectivity index (χ1n) is 5.20. The fourth-order valence-corrected chi connectivity index (χ4v) is 1.16. The van der Waals surface area contributed by atoms with Crippen molar-refractivity contribution in [2.45, 2.75) is 13.8 Å². The lowest BCUT2D eigenvalue weighted by Crippen LogP contribution is -2.38. The zero-order chi connectivity index (χ0) is 13.1. The third-order valence-corrected chi connectivity index (χ3v) is 2.23. The Hall–Kier alpha value is -0.975. The van der Waals surface area contributed by atoms with Crippen molar-refractivity contribution in [3.63, 3.8) is 0 Å². The largest absolute Gasteiger partial charge is 0.491 e. The molecule has 3 nitrogen and oxygen atoms in total. The van der Waals surface area contributed by atoms with Crippen molar-refractivity contribution in [2.75, 3.05) is 13.2 Å². The molecule has 0 atom stereocenters. The average Bonchev–Trinajstić information content (AvgIpc) is 2.24. The van der Waals surface area contributed by atoms with Crippen LogP contribution in [0.3, 0.4) is 0 Å². The third-order valence-electron chi connectivity index (χ3n) is 2.23. The van der Waals surface area contributed by atoms with Gasteiger partial charge >= 0.3 is 7.12 Å². The molecule has 17 heavy (non-hydrogen) atoms. The van der Waals surface area contributed by atoms with Gasteiger partial charge in [-0.2, -0.15) is 0 Å². The molecule has 0 aliphatic heterocycles. The summed E-state index contributed by atoms with van der Waals surface area (Å²) >= 11 is 0. The number of hydrogen-bond donors (Lipinski definition) is 2. The van der Waals surface area contributed by atoms with E-state index in [1.807, 2.05) is 0 Å². The highest BCUT2D eigenvalue weighted by atomic mass is 19.1. The van der Waals surface area contributed by atoms with Crippen molar-refractivity contribution in [3.8, 4) is 0 Å². The molecule has 0 saturated carbocycles. The Kier molecular flexibility index (Phi) is 4.62. The fourth-order valence-electron chi connectivity index (χ4n) is 1.16. The molecule has 6 heteroatoms. The van der Waals surface area contributed by atoms with Gasteiger partial charge in [-0.3, -0.25) is 0 Å². The van der Waals surface area contributed by atoms with Crippen molar-refractivity contribution >= 4 is 12.6 Å². The van der Waals surface area contributed by atoms with Gasteiger partial charge in [-0.1, -0.05) is 13.8 Å². The molecule has 0 heterocycles. The number of aliphatic hydroxyl groups is 1. The molecule has 94 valence electrons. The number of benzene rings is 1. The van der Waals surface area contributed by atoms with Gasteiger partial charge in [-0.25, -0.2) is 8.78 Å². The minimum Gasteiger partial charge on any atom is -0.423 e. The molecule has 0 spiro atoms. The quantitative estimate of drug-likeness (QED) is 0.749. The second-order valence-corrected chi connectivity index (χ2v) is 4.69. The Balaban J connectivity index is 2.67. The molecule has 0 bridgehead atoms. The Bertz CT molecular complexity index is 365. The van der Waals surface area contributed by atoms with Crippen LogP contribution < -0.4 is 5.46 Å². The van der Waals surface area contributed by atoms with E-state index in [4.69, 9.17) is 9.76 Å². The van der Waals surface area contributed by atoms with Gasteiger partial charge in [0.15, 0.2) is 0 Å². The van der Waals surface area contributed by atoms with Crippen molar-refractivity contribution in [1.29, 1.82) is 0 Å². The van der Waals surface area contributed by atoms with E-state index in [1.165, 1.54) is 0 Å². The average molecular weight is 244 g/mol. The van der Waals surface area contributed by atoms with E-state index in [1.54, 1.807) is 13.8 Å². The van der Waals surface area contributed by atoms with E-state index < -0.39 is 24.2 Å². The molecule has 0 radical (unpaired) electrons. The van der Waals surface area contributed by atoms with Gasteiger partial charge in [0.05, 0.1) is 6.61 Å². The molecular formula is C11H15BF2O3. The highest BCUT2D eigenvalue weighted by molar-refractivity contribution is 6.59. The minimum absolute atomic E-state index is 0.0104. The van der Waals surface area contributed by atoms with Crippen LogP contribution in [0, 0.1) is 17.0 Å². The first-order valence-corrected chi connectivity index (χ1v) is 5.20. The maximum atomic E-state index is 12.9. The summed E-state index contributed by atoms with van der Waals surface area (Å²) in [5.74, 6) is -1.55. The molecular weight excluding hydrogens is 229 g/mol. The number of halogens is 2. The maximum absolute atomic E-state index is 12.9. The Morgan fingerprint density at radius 1 is 1.24 bits per heavy atom. The van der Waals surface area contributed by atoms with E-state index in [2.05, 4.69) is 0 Å². The molecule has 0 amide bonds. The highest BCUT2D eigenvalue weighted by Crippen LogP contribution is 2.14. The van der Waals surface area contributed by atoms with E-state index in [0.717, 1.165) is 12.1 Å². The first kappa shape index (κ1) is 14.1. The lowest BCUT2D eigenvalue weighted by Gasteiger charge is -2.22. The van der Waals surface area contributed by atoms with Gasteiger partial charge < -0.3 is 14.8 Å². The van der Waals surface area contributed by atoms with Crippen molar-refractivity contribution in [1.82, 2.24) is 0 Å². The maximum Gasteiger partial charge on any atom is 0.491 e. The van der Waals surface area contributed by atoms with Crippen LogP contribution in [0.5, 0.6) is 0 Å². The normalized spacial score (nSPS) is 11.6. The molecule has 0 fully saturated rings. The molecule has 1 aromatic rings. The van der Waals surface area contributed by atoms with Gasteiger partial charge in [0.2, 0.25) is 0 Å². The van der Waals surface area contributed by atoms with Crippen LogP contribution in [0.15, 0.2) is 18.2 Å². The van der Waals surface area contributed by atoms with Crippen LogP contribution in [-0.4, -0.2) is 30.5 Å². The topological polar surface area (TPSA) is 49.7 Å². The molecule has 0 aliphatic rings. The lowest BCUT2D eigenvalue weighted by atomic mass is 9.79. The minimum atomic E-state index is -1.41. The lowest BCUT2D eigenvalue weighted by molar-refractivity contribution is 0.0886. The second kappa shape index (κ2) is 5.57. The predicted molar refractivity (Wildman–Crippen MR) is 60.8 cm³/mol. The van der Waals surface area contributed by atoms with Crippen LogP contribution in [0.2, 0.25) is 0 Å². The van der Waals surface area contributed by atoms with Gasteiger partial charge in [0.1, 0.15) is 11.6 Å². The molecule has 0 aromatic heterocycles. The van der Waals surface area contributed by atoms with Crippen molar-refractivity contribution in [3.05, 3.63) is 29.8 Å².